The van der Waals surface area contributed by atoms with Gasteiger partial charge in [0.25, 0.3) is 5.91 Å². The third kappa shape index (κ3) is 4.42. The Labute approximate surface area is 167 Å². The van der Waals surface area contributed by atoms with Crippen molar-refractivity contribution in [3.63, 3.8) is 0 Å². The molecule has 0 fully saturated rings. The number of amides is 1. The number of aromatic carboxylic acids is 1. The molecule has 0 aliphatic rings. The molecule has 3 aromatic rings. The Kier molecular flexibility index (Phi) is 5.61. The lowest BCUT2D eigenvalue weighted by atomic mass is 10.0. The zero-order chi connectivity index (χ0) is 21.0. The number of nitrogens with one attached hydrogen (secondary N) is 1. The van der Waals surface area contributed by atoms with E-state index < -0.39 is 11.9 Å². The number of para-hydroxylation sites is 1. The monoisotopic (exact) mass is 386 g/mol. The number of hydrogen-bond donors (Lipinski definition) is 2. The lowest BCUT2D eigenvalue weighted by Crippen LogP contribution is -2.14. The van der Waals surface area contributed by atoms with Crippen LogP contribution in [0.3, 0.4) is 0 Å². The van der Waals surface area contributed by atoms with Gasteiger partial charge in [-0.05, 0) is 55.3 Å². The van der Waals surface area contributed by atoms with Crippen molar-refractivity contribution in [2.45, 2.75) is 13.8 Å². The minimum Gasteiger partial charge on any atom is -0.478 e. The van der Waals surface area contributed by atoms with Crippen molar-refractivity contribution < 1.29 is 19.1 Å². The number of nitriles is 1. The second kappa shape index (κ2) is 8.28. The van der Waals surface area contributed by atoms with Crippen molar-refractivity contribution >= 4 is 23.6 Å². The van der Waals surface area contributed by atoms with E-state index in [-0.39, 0.29) is 11.1 Å². The van der Waals surface area contributed by atoms with E-state index in [9.17, 15) is 20.0 Å². The molecule has 2 N–H and O–H groups in total. The second-order valence-electron chi connectivity index (χ2n) is 6.48. The molecule has 0 aliphatic heterocycles. The minimum atomic E-state index is -1.03. The van der Waals surface area contributed by atoms with Crippen LogP contribution in [0.4, 0.5) is 5.69 Å². The fourth-order valence-electron chi connectivity index (χ4n) is 2.79. The number of carboxylic acid groups (broad SMARTS) is 1. The molecular weight excluding hydrogens is 368 g/mol. The van der Waals surface area contributed by atoms with Gasteiger partial charge in [-0.15, -0.1) is 0 Å². The maximum atomic E-state index is 12.4. The molecule has 0 bridgehead atoms. The zero-order valence-corrected chi connectivity index (χ0v) is 15.9. The fraction of sp³-hybridized carbons (Fsp3) is 0.0870. The first-order chi connectivity index (χ1) is 13.9. The van der Waals surface area contributed by atoms with Gasteiger partial charge in [0.15, 0.2) is 0 Å². The minimum absolute atomic E-state index is 0.106. The van der Waals surface area contributed by atoms with Crippen molar-refractivity contribution in [3.05, 3.63) is 82.6 Å². The van der Waals surface area contributed by atoms with Gasteiger partial charge >= 0.3 is 5.97 Å². The van der Waals surface area contributed by atoms with Gasteiger partial charge in [-0.25, -0.2) is 4.79 Å². The lowest BCUT2D eigenvalue weighted by Gasteiger charge is -2.07. The summed E-state index contributed by atoms with van der Waals surface area (Å²) in [5.41, 5.74) is 3.02. The summed E-state index contributed by atoms with van der Waals surface area (Å²) in [5.74, 6) is -0.800. The van der Waals surface area contributed by atoms with Crippen molar-refractivity contribution in [1.82, 2.24) is 0 Å². The van der Waals surface area contributed by atoms with E-state index >= 15 is 0 Å². The topological polar surface area (TPSA) is 103 Å². The van der Waals surface area contributed by atoms with Crippen LogP contribution in [-0.2, 0) is 4.79 Å². The molecular formula is C23H18N2O4. The molecule has 6 nitrogen and oxygen atoms in total. The average Bonchev–Trinajstić information content (AvgIpc) is 3.16. The van der Waals surface area contributed by atoms with E-state index in [2.05, 4.69) is 5.32 Å². The molecule has 1 aromatic heterocycles. The number of benzene rings is 2. The molecule has 1 heterocycles. The lowest BCUT2D eigenvalue weighted by molar-refractivity contribution is -0.112. The van der Waals surface area contributed by atoms with E-state index in [4.69, 9.17) is 4.42 Å². The third-order valence-corrected chi connectivity index (χ3v) is 4.42. The Morgan fingerprint density at radius 3 is 2.52 bits per heavy atom. The SMILES string of the molecule is Cc1ccccc1NC(=O)/C(C#N)=C\c1ccc(-c2cc(C(=O)O)ccc2C)o1. The Balaban J connectivity index is 1.87. The highest BCUT2D eigenvalue weighted by Gasteiger charge is 2.14. The maximum Gasteiger partial charge on any atom is 0.335 e. The fourth-order valence-corrected chi connectivity index (χ4v) is 2.79. The molecule has 0 atom stereocenters. The van der Waals surface area contributed by atoms with Gasteiger partial charge in [0, 0.05) is 17.3 Å². The van der Waals surface area contributed by atoms with E-state index in [1.807, 2.05) is 32.0 Å². The van der Waals surface area contributed by atoms with Gasteiger partial charge in [0.1, 0.15) is 23.2 Å². The summed E-state index contributed by atoms with van der Waals surface area (Å²) in [6, 6.07) is 17.2. The number of carbonyl (C=O) groups excluding carboxylic acids is 1. The number of carbonyl (C=O) groups is 2. The van der Waals surface area contributed by atoms with Crippen molar-refractivity contribution in [3.8, 4) is 17.4 Å². The summed E-state index contributed by atoms with van der Waals surface area (Å²) in [5, 5.41) is 21.3. The van der Waals surface area contributed by atoms with Crippen LogP contribution in [0.2, 0.25) is 0 Å². The Morgan fingerprint density at radius 2 is 1.83 bits per heavy atom. The van der Waals surface area contributed by atoms with Gasteiger partial charge in [-0.3, -0.25) is 4.79 Å². The Bertz CT molecular complexity index is 1170. The Morgan fingerprint density at radius 1 is 1.07 bits per heavy atom. The van der Waals surface area contributed by atoms with E-state index in [1.54, 1.807) is 30.3 Å². The van der Waals surface area contributed by atoms with Gasteiger partial charge < -0.3 is 14.8 Å². The smallest absolute Gasteiger partial charge is 0.335 e. The summed E-state index contributed by atoms with van der Waals surface area (Å²) in [7, 11) is 0. The number of furan rings is 1. The summed E-state index contributed by atoms with van der Waals surface area (Å²) in [4.78, 5) is 23.7. The van der Waals surface area contributed by atoms with E-state index in [1.165, 1.54) is 18.2 Å². The second-order valence-corrected chi connectivity index (χ2v) is 6.48. The van der Waals surface area contributed by atoms with Crippen LogP contribution >= 0.6 is 0 Å². The van der Waals surface area contributed by atoms with Crippen molar-refractivity contribution in [2.24, 2.45) is 0 Å². The molecule has 144 valence electrons. The predicted molar refractivity (Wildman–Crippen MR) is 109 cm³/mol. The van der Waals surface area contributed by atoms with E-state index in [0.29, 0.717) is 22.8 Å². The quantitative estimate of drug-likeness (QED) is 0.484. The van der Waals surface area contributed by atoms with Crippen LogP contribution in [0.15, 0.2) is 64.6 Å². The number of aryl methyl sites for hydroxylation is 2. The first-order valence-corrected chi connectivity index (χ1v) is 8.82. The van der Waals surface area contributed by atoms with Crippen molar-refractivity contribution in [2.75, 3.05) is 5.32 Å². The van der Waals surface area contributed by atoms with Gasteiger partial charge in [0.05, 0.1) is 5.56 Å². The molecule has 0 spiro atoms. The van der Waals surface area contributed by atoms with Crippen LogP contribution in [0.25, 0.3) is 17.4 Å². The molecule has 29 heavy (non-hydrogen) atoms. The number of hydrogen-bond acceptors (Lipinski definition) is 4. The molecule has 0 aliphatic carbocycles. The van der Waals surface area contributed by atoms with Gasteiger partial charge in [-0.1, -0.05) is 24.3 Å². The van der Waals surface area contributed by atoms with Crippen LogP contribution in [0, 0.1) is 25.2 Å². The van der Waals surface area contributed by atoms with Crippen LogP contribution in [0.1, 0.15) is 27.2 Å². The highest BCUT2D eigenvalue weighted by atomic mass is 16.4. The highest BCUT2D eigenvalue weighted by Crippen LogP contribution is 2.28. The first kappa shape index (κ1) is 19.6. The predicted octanol–water partition coefficient (Wildman–Crippen LogP) is 4.81. The molecule has 1 amide bonds. The largest absolute Gasteiger partial charge is 0.478 e. The Hall–Kier alpha value is -4.11. The molecule has 2 aromatic carbocycles. The summed E-state index contributed by atoms with van der Waals surface area (Å²) in [6.45, 7) is 3.70. The van der Waals surface area contributed by atoms with Crippen LogP contribution in [-0.4, -0.2) is 17.0 Å². The first-order valence-electron chi connectivity index (χ1n) is 8.82. The number of rotatable bonds is 5. The molecule has 0 unspecified atom stereocenters. The average molecular weight is 386 g/mol. The maximum absolute atomic E-state index is 12.4. The normalized spacial score (nSPS) is 11.0. The number of anilines is 1. The van der Waals surface area contributed by atoms with Gasteiger partial charge in [0.2, 0.25) is 0 Å². The molecule has 0 saturated heterocycles. The van der Waals surface area contributed by atoms with Gasteiger partial charge in [-0.2, -0.15) is 5.26 Å². The third-order valence-electron chi connectivity index (χ3n) is 4.42. The number of nitrogens with zero attached hydrogens (tertiary/aromatic N) is 1. The van der Waals surface area contributed by atoms with Crippen LogP contribution in [0.5, 0.6) is 0 Å². The van der Waals surface area contributed by atoms with Crippen LogP contribution < -0.4 is 5.32 Å². The summed E-state index contributed by atoms with van der Waals surface area (Å²) < 4.78 is 5.74. The highest BCUT2D eigenvalue weighted by molar-refractivity contribution is 6.09. The molecule has 0 saturated carbocycles. The molecule has 3 rings (SSSR count). The summed E-state index contributed by atoms with van der Waals surface area (Å²) >= 11 is 0. The standard InChI is InChI=1S/C23H18N2O4/c1-14-7-8-16(23(27)28)12-19(14)21-10-9-18(29-21)11-17(13-24)22(26)25-20-6-4-3-5-15(20)2/h3-12H,1-2H3,(H,25,26)(H,27,28)/b17-11-. The molecule has 6 heteroatoms. The number of carboxylic acids is 1. The van der Waals surface area contributed by atoms with Crippen molar-refractivity contribution in [1.29, 1.82) is 5.26 Å². The summed E-state index contributed by atoms with van der Waals surface area (Å²) in [6.07, 6.45) is 1.35. The zero-order valence-electron chi connectivity index (χ0n) is 15.9. The molecule has 0 radical (unpaired) electrons. The van der Waals surface area contributed by atoms with E-state index in [0.717, 1.165) is 11.1 Å².